The van der Waals surface area contributed by atoms with Crippen LogP contribution in [0.5, 0.6) is 0 Å². The number of benzene rings is 3. The molecule has 1 aliphatic rings. The van der Waals surface area contributed by atoms with Crippen LogP contribution in [0.25, 0.3) is 10.8 Å². The highest BCUT2D eigenvalue weighted by Crippen LogP contribution is 2.47. The van der Waals surface area contributed by atoms with Crippen LogP contribution < -0.4 is 4.90 Å². The molecule has 0 N–H and O–H groups in total. The summed E-state index contributed by atoms with van der Waals surface area (Å²) in [5.41, 5.74) is 3.49. The number of thiazole rings is 1. The number of anilines is 3. The van der Waals surface area contributed by atoms with Crippen molar-refractivity contribution in [1.29, 1.82) is 0 Å². The summed E-state index contributed by atoms with van der Waals surface area (Å²) in [6, 6.07) is 23.2. The number of carbonyl (C=O) groups excluding carboxylic acids is 1. The third-order valence-electron chi connectivity index (χ3n) is 5.37. The van der Waals surface area contributed by atoms with E-state index in [2.05, 4.69) is 58.4 Å². The van der Waals surface area contributed by atoms with E-state index in [0.29, 0.717) is 17.4 Å². The SMILES string of the molecule is CCOC(=O)c1cnc(N(c2ccccc2)c2ccc(C3CC3)c3ccccc23)s1. The van der Waals surface area contributed by atoms with E-state index in [9.17, 15) is 4.79 Å². The van der Waals surface area contributed by atoms with Gasteiger partial charge in [-0.15, -0.1) is 0 Å². The quantitative estimate of drug-likeness (QED) is 0.325. The van der Waals surface area contributed by atoms with Gasteiger partial charge in [-0.1, -0.05) is 59.9 Å². The topological polar surface area (TPSA) is 42.4 Å². The fourth-order valence-electron chi connectivity index (χ4n) is 3.85. The minimum absolute atomic E-state index is 0.330. The average molecular weight is 415 g/mol. The summed E-state index contributed by atoms with van der Waals surface area (Å²) in [5.74, 6) is 0.340. The van der Waals surface area contributed by atoms with Gasteiger partial charge in [0, 0.05) is 11.1 Å². The van der Waals surface area contributed by atoms with E-state index in [-0.39, 0.29) is 5.97 Å². The second-order valence-corrected chi connectivity index (χ2v) is 8.40. The Morgan fingerprint density at radius 3 is 2.50 bits per heavy atom. The maximum atomic E-state index is 12.2. The molecule has 0 atom stereocenters. The molecule has 150 valence electrons. The summed E-state index contributed by atoms with van der Waals surface area (Å²) >= 11 is 1.35. The highest BCUT2D eigenvalue weighted by molar-refractivity contribution is 7.17. The van der Waals surface area contributed by atoms with E-state index >= 15 is 0 Å². The standard InChI is InChI=1S/C25H22N2O2S/c1-2-29-24(28)23-16-26-25(30-23)27(18-8-4-3-5-9-18)22-15-14-19(17-12-13-17)20-10-6-7-11-21(20)22/h3-11,14-17H,2,12-13H2,1H3. The Morgan fingerprint density at radius 1 is 1.03 bits per heavy atom. The smallest absolute Gasteiger partial charge is 0.350 e. The molecule has 0 spiro atoms. The number of carbonyl (C=O) groups is 1. The highest BCUT2D eigenvalue weighted by atomic mass is 32.1. The van der Waals surface area contributed by atoms with Crippen LogP contribution in [0.2, 0.25) is 0 Å². The second kappa shape index (κ2) is 7.92. The molecule has 0 amide bonds. The molecular weight excluding hydrogens is 392 g/mol. The van der Waals surface area contributed by atoms with Crippen LogP contribution in [-0.4, -0.2) is 17.6 Å². The molecule has 1 saturated carbocycles. The van der Waals surface area contributed by atoms with Crippen LogP contribution in [0.1, 0.15) is 40.9 Å². The first-order valence-corrected chi connectivity index (χ1v) is 11.1. The largest absolute Gasteiger partial charge is 0.462 e. The van der Waals surface area contributed by atoms with Gasteiger partial charge in [-0.3, -0.25) is 4.90 Å². The van der Waals surface area contributed by atoms with Crippen molar-refractivity contribution in [3.05, 3.63) is 83.4 Å². The van der Waals surface area contributed by atoms with E-state index in [0.717, 1.165) is 16.5 Å². The lowest BCUT2D eigenvalue weighted by molar-refractivity contribution is 0.0532. The third-order valence-corrected chi connectivity index (χ3v) is 6.33. The van der Waals surface area contributed by atoms with E-state index < -0.39 is 0 Å². The van der Waals surface area contributed by atoms with E-state index in [1.165, 1.54) is 40.5 Å². The Kier molecular flexibility index (Phi) is 4.97. The molecule has 0 radical (unpaired) electrons. The molecule has 0 bridgehead atoms. The monoisotopic (exact) mass is 414 g/mol. The molecular formula is C25H22N2O2S. The lowest BCUT2D eigenvalue weighted by Crippen LogP contribution is -2.10. The van der Waals surface area contributed by atoms with Gasteiger partial charge >= 0.3 is 5.97 Å². The molecule has 5 heteroatoms. The van der Waals surface area contributed by atoms with Gasteiger partial charge in [-0.05, 0) is 54.8 Å². The number of hydrogen-bond acceptors (Lipinski definition) is 5. The Morgan fingerprint density at radius 2 is 1.77 bits per heavy atom. The van der Waals surface area contributed by atoms with Crippen molar-refractivity contribution in [2.75, 3.05) is 11.5 Å². The van der Waals surface area contributed by atoms with Gasteiger partial charge in [0.25, 0.3) is 0 Å². The zero-order chi connectivity index (χ0) is 20.5. The number of rotatable bonds is 6. The van der Waals surface area contributed by atoms with E-state index in [1.807, 2.05) is 25.1 Å². The minimum atomic E-state index is -0.330. The van der Waals surface area contributed by atoms with E-state index in [4.69, 9.17) is 4.74 Å². The molecule has 4 nitrogen and oxygen atoms in total. The lowest BCUT2D eigenvalue weighted by Gasteiger charge is -2.24. The van der Waals surface area contributed by atoms with Gasteiger partial charge in [0.2, 0.25) is 0 Å². The molecule has 5 rings (SSSR count). The predicted molar refractivity (Wildman–Crippen MR) is 122 cm³/mol. The first-order valence-electron chi connectivity index (χ1n) is 10.3. The summed E-state index contributed by atoms with van der Waals surface area (Å²) in [4.78, 5) is 19.5. The second-order valence-electron chi connectivity index (χ2n) is 7.39. The van der Waals surface area contributed by atoms with Gasteiger partial charge in [-0.25, -0.2) is 9.78 Å². The minimum Gasteiger partial charge on any atom is -0.462 e. The fraction of sp³-hybridized carbons (Fsp3) is 0.200. The maximum absolute atomic E-state index is 12.2. The van der Waals surface area contributed by atoms with Crippen molar-refractivity contribution in [1.82, 2.24) is 4.98 Å². The Hall–Kier alpha value is -3.18. The summed E-state index contributed by atoms with van der Waals surface area (Å²) in [6.45, 7) is 2.16. The van der Waals surface area contributed by atoms with Crippen molar-refractivity contribution >= 4 is 44.6 Å². The highest BCUT2D eigenvalue weighted by Gasteiger charge is 2.27. The average Bonchev–Trinajstić information content (AvgIpc) is 3.51. The predicted octanol–water partition coefficient (Wildman–Crippen LogP) is 6.82. The number of nitrogens with zero attached hydrogens (tertiary/aromatic N) is 2. The molecule has 1 aromatic heterocycles. The van der Waals surface area contributed by atoms with Gasteiger partial charge in [0.05, 0.1) is 18.5 Å². The number of aromatic nitrogens is 1. The van der Waals surface area contributed by atoms with Crippen LogP contribution in [0.15, 0.2) is 72.9 Å². The summed E-state index contributed by atoms with van der Waals surface area (Å²) in [5, 5.41) is 3.23. The first-order chi connectivity index (χ1) is 14.8. The molecule has 1 heterocycles. The van der Waals surface area contributed by atoms with Gasteiger partial charge in [-0.2, -0.15) is 0 Å². The number of hydrogen-bond donors (Lipinski definition) is 0. The molecule has 1 aliphatic carbocycles. The number of ether oxygens (including phenoxy) is 1. The first kappa shape index (κ1) is 18.8. The number of fused-ring (bicyclic) bond motifs is 1. The summed E-state index contributed by atoms with van der Waals surface area (Å²) in [7, 11) is 0. The van der Waals surface area contributed by atoms with Gasteiger partial charge in [0.1, 0.15) is 4.88 Å². The van der Waals surface area contributed by atoms with Crippen molar-refractivity contribution in [3.63, 3.8) is 0 Å². The van der Waals surface area contributed by atoms with Crippen molar-refractivity contribution in [2.24, 2.45) is 0 Å². The molecule has 0 saturated heterocycles. The zero-order valence-electron chi connectivity index (χ0n) is 16.7. The van der Waals surface area contributed by atoms with Crippen LogP contribution in [0.4, 0.5) is 16.5 Å². The van der Waals surface area contributed by atoms with Gasteiger partial charge < -0.3 is 4.74 Å². The third kappa shape index (κ3) is 3.46. The van der Waals surface area contributed by atoms with Crippen LogP contribution in [-0.2, 0) is 4.74 Å². The Bertz CT molecular complexity index is 1200. The van der Waals surface area contributed by atoms with Crippen molar-refractivity contribution < 1.29 is 9.53 Å². The van der Waals surface area contributed by atoms with Crippen molar-refractivity contribution in [2.45, 2.75) is 25.7 Å². The Labute approximate surface area is 179 Å². The zero-order valence-corrected chi connectivity index (χ0v) is 17.6. The maximum Gasteiger partial charge on any atom is 0.350 e. The molecule has 3 aromatic carbocycles. The summed E-state index contributed by atoms with van der Waals surface area (Å²) in [6.07, 6.45) is 4.14. The fourth-order valence-corrected chi connectivity index (χ4v) is 4.69. The van der Waals surface area contributed by atoms with Crippen LogP contribution >= 0.6 is 11.3 Å². The molecule has 4 aromatic rings. The van der Waals surface area contributed by atoms with Gasteiger partial charge in [0.15, 0.2) is 5.13 Å². The Balaban J connectivity index is 1.67. The lowest BCUT2D eigenvalue weighted by atomic mass is 9.99. The number of esters is 1. The normalized spacial score (nSPS) is 13.4. The molecule has 30 heavy (non-hydrogen) atoms. The van der Waals surface area contributed by atoms with Crippen LogP contribution in [0, 0.1) is 0 Å². The molecule has 1 fully saturated rings. The number of para-hydroxylation sites is 1. The van der Waals surface area contributed by atoms with Crippen molar-refractivity contribution in [3.8, 4) is 0 Å². The molecule has 0 unspecified atom stereocenters. The summed E-state index contributed by atoms with van der Waals surface area (Å²) < 4.78 is 5.16. The van der Waals surface area contributed by atoms with Crippen LogP contribution in [0.3, 0.4) is 0 Å². The molecule has 0 aliphatic heterocycles. The van der Waals surface area contributed by atoms with E-state index in [1.54, 1.807) is 6.20 Å².